The summed E-state index contributed by atoms with van der Waals surface area (Å²) in [4.78, 5) is 3.88. The van der Waals surface area contributed by atoms with E-state index in [1.807, 2.05) is 0 Å². The number of rotatable bonds is 6. The Morgan fingerprint density at radius 3 is 2.63 bits per heavy atom. The molecule has 6 nitrogen and oxygen atoms in total. The Balaban J connectivity index is 2.27. The Bertz CT molecular complexity index is 838. The summed E-state index contributed by atoms with van der Waals surface area (Å²) in [5, 5.41) is 14.9. The predicted molar refractivity (Wildman–Crippen MR) is 86.9 cm³/mol. The molecule has 0 spiro atoms. The fourth-order valence-electron chi connectivity index (χ4n) is 2.40. The van der Waals surface area contributed by atoms with E-state index in [0.717, 1.165) is 18.5 Å². The first-order valence-corrected chi connectivity index (χ1v) is 7.95. The number of nitrogens with two attached hydrogens (primary N) is 1. The van der Waals surface area contributed by atoms with Crippen LogP contribution < -0.4 is 11.2 Å². The maximum atomic E-state index is 14.2. The van der Waals surface area contributed by atoms with Gasteiger partial charge in [-0.05, 0) is 18.1 Å². The number of ether oxygens (including phenoxy) is 1. The fourth-order valence-corrected chi connectivity index (χ4v) is 2.40. The number of hydrogen-bond acceptors (Lipinski definition) is 5. The lowest BCUT2D eigenvalue weighted by molar-refractivity contribution is -0.152. The van der Waals surface area contributed by atoms with Crippen LogP contribution in [-0.2, 0) is 4.74 Å². The van der Waals surface area contributed by atoms with E-state index in [0.29, 0.717) is 4.57 Å². The SMILES string of the molecule is CC/C(=C\C(F)=C(/N)OC1CC(F)(F)C1)c1cn(C(=N)C(F)F)c(=N)cn1. The van der Waals surface area contributed by atoms with Crippen molar-refractivity contribution in [2.24, 2.45) is 5.73 Å². The molecular weight excluding hydrogens is 373 g/mol. The molecule has 2 rings (SSSR count). The number of halogens is 5. The summed E-state index contributed by atoms with van der Waals surface area (Å²) in [6.07, 6.45) is -1.94. The van der Waals surface area contributed by atoms with E-state index < -0.39 is 54.3 Å². The molecule has 0 atom stereocenters. The van der Waals surface area contributed by atoms with Crippen molar-refractivity contribution in [1.29, 1.82) is 10.8 Å². The quantitative estimate of drug-likeness (QED) is 0.228. The van der Waals surface area contributed by atoms with Crippen molar-refractivity contribution in [1.82, 2.24) is 9.55 Å². The van der Waals surface area contributed by atoms with Gasteiger partial charge in [-0.15, -0.1) is 0 Å². The minimum atomic E-state index is -3.11. The molecule has 0 aromatic carbocycles. The third-order valence-corrected chi connectivity index (χ3v) is 3.90. The van der Waals surface area contributed by atoms with E-state index >= 15 is 0 Å². The minimum Gasteiger partial charge on any atom is -0.473 e. The zero-order chi connectivity index (χ0) is 20.4. The Morgan fingerprint density at radius 1 is 1.48 bits per heavy atom. The maximum Gasteiger partial charge on any atom is 0.295 e. The number of allylic oxidation sites excluding steroid dienone is 3. The van der Waals surface area contributed by atoms with Gasteiger partial charge in [0.2, 0.25) is 5.88 Å². The Hall–Kier alpha value is -2.72. The smallest absolute Gasteiger partial charge is 0.295 e. The summed E-state index contributed by atoms with van der Waals surface area (Å²) in [7, 11) is 0. The van der Waals surface area contributed by atoms with E-state index in [2.05, 4.69) is 4.98 Å². The summed E-state index contributed by atoms with van der Waals surface area (Å²) in [5.74, 6) is -5.64. The highest BCUT2D eigenvalue weighted by molar-refractivity contribution is 5.84. The highest BCUT2D eigenvalue weighted by Gasteiger charge is 2.47. The molecule has 0 unspecified atom stereocenters. The third-order valence-electron chi connectivity index (χ3n) is 3.90. The second kappa shape index (κ2) is 7.89. The van der Waals surface area contributed by atoms with E-state index in [1.165, 1.54) is 0 Å². The van der Waals surface area contributed by atoms with Gasteiger partial charge in [-0.3, -0.25) is 20.4 Å². The Morgan fingerprint density at radius 2 is 2.11 bits per heavy atom. The summed E-state index contributed by atoms with van der Waals surface area (Å²) >= 11 is 0. The topological polar surface area (TPSA) is 101 Å². The lowest BCUT2D eigenvalue weighted by Gasteiger charge is -2.34. The summed E-state index contributed by atoms with van der Waals surface area (Å²) < 4.78 is 70.8. The molecule has 0 radical (unpaired) electrons. The van der Waals surface area contributed by atoms with Gasteiger partial charge in [-0.2, -0.15) is 0 Å². The van der Waals surface area contributed by atoms with Crippen LogP contribution in [0.2, 0.25) is 0 Å². The first-order chi connectivity index (χ1) is 12.5. The van der Waals surface area contributed by atoms with Crippen LogP contribution in [0.3, 0.4) is 0 Å². The van der Waals surface area contributed by atoms with Crippen LogP contribution in [0.4, 0.5) is 22.0 Å². The fraction of sp³-hybridized carbons (Fsp3) is 0.438. The van der Waals surface area contributed by atoms with Crippen molar-refractivity contribution in [3.63, 3.8) is 0 Å². The molecule has 4 N–H and O–H groups in total. The molecule has 148 valence electrons. The van der Waals surface area contributed by atoms with Crippen LogP contribution in [0, 0.1) is 10.8 Å². The highest BCUT2D eigenvalue weighted by atomic mass is 19.3. The Labute approximate surface area is 151 Å². The monoisotopic (exact) mass is 391 g/mol. The van der Waals surface area contributed by atoms with Crippen molar-refractivity contribution in [3.8, 4) is 0 Å². The molecule has 1 aliphatic carbocycles. The van der Waals surface area contributed by atoms with Crippen molar-refractivity contribution < 1.29 is 26.7 Å². The third kappa shape index (κ3) is 4.92. The van der Waals surface area contributed by atoms with Gasteiger partial charge < -0.3 is 10.5 Å². The number of nitrogens with zero attached hydrogens (tertiary/aromatic N) is 2. The molecule has 27 heavy (non-hydrogen) atoms. The number of nitrogens with one attached hydrogen (secondary N) is 2. The second-order valence-corrected chi connectivity index (χ2v) is 5.95. The summed E-state index contributed by atoms with van der Waals surface area (Å²) in [6, 6.07) is 0. The van der Waals surface area contributed by atoms with Crippen LogP contribution in [0.1, 0.15) is 31.9 Å². The van der Waals surface area contributed by atoms with Gasteiger partial charge in [0.1, 0.15) is 11.6 Å². The van der Waals surface area contributed by atoms with Crippen molar-refractivity contribution in [2.75, 3.05) is 0 Å². The lowest BCUT2D eigenvalue weighted by Crippen LogP contribution is -2.41. The molecule has 0 saturated heterocycles. The van der Waals surface area contributed by atoms with E-state index in [4.69, 9.17) is 21.3 Å². The van der Waals surface area contributed by atoms with E-state index in [1.54, 1.807) is 6.92 Å². The zero-order valence-electron chi connectivity index (χ0n) is 14.3. The zero-order valence-corrected chi connectivity index (χ0v) is 14.3. The molecule has 1 aromatic heterocycles. The molecule has 0 amide bonds. The molecular formula is C16H18F5N5O. The van der Waals surface area contributed by atoms with Gasteiger partial charge in [0.05, 0.1) is 11.9 Å². The molecule has 1 aliphatic rings. The predicted octanol–water partition coefficient (Wildman–Crippen LogP) is 3.16. The van der Waals surface area contributed by atoms with Crippen molar-refractivity contribution >= 4 is 11.4 Å². The van der Waals surface area contributed by atoms with E-state index in [-0.39, 0.29) is 17.7 Å². The van der Waals surface area contributed by atoms with Crippen LogP contribution in [-0.4, -0.2) is 33.8 Å². The molecule has 0 aliphatic heterocycles. The van der Waals surface area contributed by atoms with Gasteiger partial charge in [-0.25, -0.2) is 22.0 Å². The highest BCUT2D eigenvalue weighted by Crippen LogP contribution is 2.40. The molecule has 1 aromatic rings. The number of alkyl halides is 4. The molecule has 1 saturated carbocycles. The number of aromatic nitrogens is 2. The van der Waals surface area contributed by atoms with Gasteiger partial charge in [-0.1, -0.05) is 6.92 Å². The normalized spacial score (nSPS) is 18.1. The number of hydrogen-bond donors (Lipinski definition) is 3. The van der Waals surface area contributed by atoms with E-state index in [9.17, 15) is 22.0 Å². The van der Waals surface area contributed by atoms with Crippen molar-refractivity contribution in [3.05, 3.63) is 41.4 Å². The van der Waals surface area contributed by atoms with Gasteiger partial charge in [0.25, 0.3) is 12.3 Å². The lowest BCUT2D eigenvalue weighted by atomic mass is 9.91. The van der Waals surface area contributed by atoms with Crippen LogP contribution in [0.15, 0.2) is 30.2 Å². The Kier molecular flexibility index (Phi) is 6.01. The van der Waals surface area contributed by atoms with Crippen LogP contribution in [0.5, 0.6) is 0 Å². The molecule has 1 fully saturated rings. The first-order valence-electron chi connectivity index (χ1n) is 7.95. The van der Waals surface area contributed by atoms with Crippen molar-refractivity contribution in [2.45, 2.75) is 44.6 Å². The van der Waals surface area contributed by atoms with Gasteiger partial charge >= 0.3 is 0 Å². The van der Waals surface area contributed by atoms with Gasteiger partial charge in [0, 0.05) is 19.0 Å². The van der Waals surface area contributed by atoms with Crippen LogP contribution >= 0.6 is 0 Å². The van der Waals surface area contributed by atoms with Gasteiger partial charge in [0.15, 0.2) is 11.7 Å². The molecule has 11 heteroatoms. The minimum absolute atomic E-state index is 0.0528. The molecule has 0 bridgehead atoms. The largest absolute Gasteiger partial charge is 0.473 e. The average molecular weight is 391 g/mol. The maximum absolute atomic E-state index is 14.2. The standard InChI is InChI=1S/C16H18F5N5O/c1-2-8(3-10(17)15(24)27-9-4-16(20,21)5-9)11-7-26(12(22)6-25-11)14(23)13(18)19/h3,6-7,9,13,22-23H,2,4-5,24H2,1H3/b8-3+,15-10-,22-12?,23-14?. The summed E-state index contributed by atoms with van der Waals surface area (Å²) in [5.41, 5.74) is 5.29. The first kappa shape index (κ1) is 20.6. The molecule has 1 heterocycles. The van der Waals surface area contributed by atoms with Crippen LogP contribution in [0.25, 0.3) is 5.57 Å². The summed E-state index contributed by atoms with van der Waals surface area (Å²) in [6.45, 7) is 1.64. The average Bonchev–Trinajstić information content (AvgIpc) is 2.57. The second-order valence-electron chi connectivity index (χ2n) is 5.95.